The average molecular weight is 286 g/mol. The van der Waals surface area contributed by atoms with Gasteiger partial charge in [0.2, 0.25) is 0 Å². The van der Waals surface area contributed by atoms with Crippen molar-refractivity contribution in [2.75, 3.05) is 25.1 Å². The molecule has 3 rings (SSSR count). The third-order valence-electron chi connectivity index (χ3n) is 4.44. The number of rotatable bonds is 2. The summed E-state index contributed by atoms with van der Waals surface area (Å²) in [6.07, 6.45) is -2.02. The molecule has 0 bridgehead atoms. The molecule has 0 amide bonds. The van der Waals surface area contributed by atoms with Crippen LogP contribution in [0.3, 0.4) is 0 Å². The lowest BCUT2D eigenvalue weighted by molar-refractivity contribution is -0.141. The summed E-state index contributed by atoms with van der Waals surface area (Å²) in [4.78, 5) is 5.72. The summed E-state index contributed by atoms with van der Waals surface area (Å²) >= 11 is 0. The second kappa shape index (κ2) is 4.91. The number of anilines is 1. The molecule has 2 heterocycles. The van der Waals surface area contributed by atoms with Crippen LogP contribution >= 0.6 is 0 Å². The first kappa shape index (κ1) is 13.7. The fourth-order valence-corrected chi connectivity index (χ4v) is 3.45. The number of alkyl halides is 3. The molecule has 1 aliphatic heterocycles. The molecule has 3 atom stereocenters. The second-order valence-corrected chi connectivity index (χ2v) is 5.56. The Morgan fingerprint density at radius 3 is 2.75 bits per heavy atom. The van der Waals surface area contributed by atoms with Crippen LogP contribution in [0.4, 0.5) is 19.0 Å². The fourth-order valence-electron chi connectivity index (χ4n) is 3.45. The topological polar surface area (TPSA) is 25.4 Å². The SMILES string of the molecule is CO[C@H]1CC[C@@H]2CN(c3cccc(C(F)(F)F)n3)C[C@@H]21. The molecule has 0 radical (unpaired) electrons. The maximum absolute atomic E-state index is 12.7. The maximum Gasteiger partial charge on any atom is 0.433 e. The Labute approximate surface area is 115 Å². The van der Waals surface area contributed by atoms with Crippen molar-refractivity contribution in [2.45, 2.75) is 25.1 Å². The van der Waals surface area contributed by atoms with E-state index in [1.807, 2.05) is 4.90 Å². The smallest absolute Gasteiger partial charge is 0.381 e. The number of hydrogen-bond donors (Lipinski definition) is 0. The molecular weight excluding hydrogens is 269 g/mol. The van der Waals surface area contributed by atoms with E-state index in [1.165, 1.54) is 6.07 Å². The van der Waals surface area contributed by atoms with Crippen molar-refractivity contribution in [3.8, 4) is 0 Å². The molecule has 1 aliphatic carbocycles. The van der Waals surface area contributed by atoms with E-state index in [0.717, 1.165) is 32.0 Å². The lowest BCUT2D eigenvalue weighted by Gasteiger charge is -2.21. The summed E-state index contributed by atoms with van der Waals surface area (Å²) in [5.41, 5.74) is -0.824. The first-order chi connectivity index (χ1) is 9.49. The molecule has 0 N–H and O–H groups in total. The van der Waals surface area contributed by atoms with Gasteiger partial charge in [-0.25, -0.2) is 4.98 Å². The highest BCUT2D eigenvalue weighted by Crippen LogP contribution is 2.41. The normalized spacial score (nSPS) is 29.8. The van der Waals surface area contributed by atoms with Gasteiger partial charge in [0.05, 0.1) is 6.10 Å². The van der Waals surface area contributed by atoms with E-state index in [0.29, 0.717) is 17.7 Å². The fraction of sp³-hybridized carbons (Fsp3) is 0.643. The Morgan fingerprint density at radius 2 is 2.05 bits per heavy atom. The van der Waals surface area contributed by atoms with Gasteiger partial charge in [-0.15, -0.1) is 0 Å². The van der Waals surface area contributed by atoms with Crippen molar-refractivity contribution in [3.63, 3.8) is 0 Å². The minimum Gasteiger partial charge on any atom is -0.381 e. The van der Waals surface area contributed by atoms with Gasteiger partial charge in [0, 0.05) is 26.1 Å². The number of aromatic nitrogens is 1. The van der Waals surface area contributed by atoms with Gasteiger partial charge >= 0.3 is 6.18 Å². The molecule has 1 aromatic rings. The number of ether oxygens (including phenoxy) is 1. The number of methoxy groups -OCH3 is 1. The Morgan fingerprint density at radius 1 is 1.25 bits per heavy atom. The van der Waals surface area contributed by atoms with Crippen LogP contribution in [0.25, 0.3) is 0 Å². The van der Waals surface area contributed by atoms with Crippen LogP contribution in [0.1, 0.15) is 18.5 Å². The second-order valence-electron chi connectivity index (χ2n) is 5.56. The molecule has 2 fully saturated rings. The number of fused-ring (bicyclic) bond motifs is 1. The molecule has 0 spiro atoms. The number of hydrogen-bond acceptors (Lipinski definition) is 3. The van der Waals surface area contributed by atoms with Gasteiger partial charge in [-0.3, -0.25) is 0 Å². The van der Waals surface area contributed by atoms with Crippen LogP contribution in [0.5, 0.6) is 0 Å². The third-order valence-corrected chi connectivity index (χ3v) is 4.44. The van der Waals surface area contributed by atoms with Gasteiger partial charge in [0.25, 0.3) is 0 Å². The van der Waals surface area contributed by atoms with E-state index in [1.54, 1.807) is 13.2 Å². The molecule has 1 aromatic heterocycles. The molecule has 1 saturated carbocycles. The van der Waals surface area contributed by atoms with E-state index >= 15 is 0 Å². The van der Waals surface area contributed by atoms with E-state index in [9.17, 15) is 13.2 Å². The van der Waals surface area contributed by atoms with Crippen molar-refractivity contribution < 1.29 is 17.9 Å². The van der Waals surface area contributed by atoms with Crippen LogP contribution in [0.15, 0.2) is 18.2 Å². The number of nitrogens with zero attached hydrogens (tertiary/aromatic N) is 2. The maximum atomic E-state index is 12.7. The van der Waals surface area contributed by atoms with E-state index in [4.69, 9.17) is 4.74 Å². The highest BCUT2D eigenvalue weighted by Gasteiger charge is 2.43. The van der Waals surface area contributed by atoms with Gasteiger partial charge in [0.15, 0.2) is 0 Å². The van der Waals surface area contributed by atoms with Gasteiger partial charge < -0.3 is 9.64 Å². The van der Waals surface area contributed by atoms with Crippen LogP contribution in [-0.4, -0.2) is 31.3 Å². The largest absolute Gasteiger partial charge is 0.433 e. The predicted molar refractivity (Wildman–Crippen MR) is 68.5 cm³/mol. The zero-order valence-corrected chi connectivity index (χ0v) is 11.2. The Bertz CT molecular complexity index is 492. The molecule has 110 valence electrons. The van der Waals surface area contributed by atoms with Crippen molar-refractivity contribution >= 4 is 5.82 Å². The number of halogens is 3. The van der Waals surface area contributed by atoms with Gasteiger partial charge in [-0.2, -0.15) is 13.2 Å². The monoisotopic (exact) mass is 286 g/mol. The molecule has 0 unspecified atom stereocenters. The van der Waals surface area contributed by atoms with Crippen LogP contribution in [0.2, 0.25) is 0 Å². The standard InChI is InChI=1S/C14H17F3N2O/c1-20-11-6-5-9-7-19(8-10(9)11)13-4-2-3-12(18-13)14(15,16)17/h2-4,9-11H,5-8H2,1H3/t9-,10+,11+/m1/s1. The summed E-state index contributed by atoms with van der Waals surface area (Å²) < 4.78 is 43.6. The zero-order valence-electron chi connectivity index (χ0n) is 11.2. The minimum atomic E-state index is -4.39. The van der Waals surface area contributed by atoms with Crippen molar-refractivity contribution in [1.82, 2.24) is 4.98 Å². The summed E-state index contributed by atoms with van der Waals surface area (Å²) in [6.45, 7) is 1.51. The lowest BCUT2D eigenvalue weighted by atomic mass is 9.99. The van der Waals surface area contributed by atoms with Gasteiger partial charge in [0.1, 0.15) is 11.5 Å². The Balaban J connectivity index is 1.78. The predicted octanol–water partition coefficient (Wildman–Crippen LogP) is 2.96. The highest BCUT2D eigenvalue weighted by molar-refractivity contribution is 5.41. The molecule has 2 aliphatic rings. The first-order valence-electron chi connectivity index (χ1n) is 6.81. The lowest BCUT2D eigenvalue weighted by Crippen LogP contribution is -2.26. The molecule has 1 saturated heterocycles. The summed E-state index contributed by atoms with van der Waals surface area (Å²) in [5.74, 6) is 1.34. The highest BCUT2D eigenvalue weighted by atomic mass is 19.4. The van der Waals surface area contributed by atoms with Crippen molar-refractivity contribution in [1.29, 1.82) is 0 Å². The van der Waals surface area contributed by atoms with Crippen molar-refractivity contribution in [3.05, 3.63) is 23.9 Å². The van der Waals surface area contributed by atoms with E-state index in [-0.39, 0.29) is 6.10 Å². The zero-order chi connectivity index (χ0) is 14.3. The quantitative estimate of drug-likeness (QED) is 0.836. The summed E-state index contributed by atoms with van der Waals surface area (Å²) in [7, 11) is 1.71. The summed E-state index contributed by atoms with van der Waals surface area (Å²) in [6, 6.07) is 4.09. The first-order valence-corrected chi connectivity index (χ1v) is 6.81. The van der Waals surface area contributed by atoms with Crippen LogP contribution < -0.4 is 4.90 Å². The minimum absolute atomic E-state index is 0.232. The van der Waals surface area contributed by atoms with Crippen LogP contribution in [-0.2, 0) is 10.9 Å². The summed E-state index contributed by atoms with van der Waals surface area (Å²) in [5, 5.41) is 0. The Hall–Kier alpha value is -1.30. The molecule has 0 aromatic carbocycles. The van der Waals surface area contributed by atoms with E-state index < -0.39 is 11.9 Å². The van der Waals surface area contributed by atoms with Crippen LogP contribution in [0, 0.1) is 11.8 Å². The molecule has 20 heavy (non-hydrogen) atoms. The van der Waals surface area contributed by atoms with Crippen molar-refractivity contribution in [2.24, 2.45) is 11.8 Å². The Kier molecular flexibility index (Phi) is 3.36. The average Bonchev–Trinajstić information content (AvgIpc) is 2.97. The number of pyridine rings is 1. The molecule has 3 nitrogen and oxygen atoms in total. The van der Waals surface area contributed by atoms with Gasteiger partial charge in [-0.05, 0) is 30.9 Å². The molecule has 6 heteroatoms. The third kappa shape index (κ3) is 2.37. The van der Waals surface area contributed by atoms with Gasteiger partial charge in [-0.1, -0.05) is 6.07 Å². The molecular formula is C14H17F3N2O. The van der Waals surface area contributed by atoms with E-state index in [2.05, 4.69) is 4.98 Å².